The third kappa shape index (κ3) is 5.90. The van der Waals surface area contributed by atoms with Crippen molar-refractivity contribution in [1.29, 1.82) is 0 Å². The van der Waals surface area contributed by atoms with Crippen molar-refractivity contribution >= 4 is 8.03 Å². The summed E-state index contributed by atoms with van der Waals surface area (Å²) in [5, 5.41) is 0. The van der Waals surface area contributed by atoms with Crippen molar-refractivity contribution in [2.24, 2.45) is 11.7 Å². The Labute approximate surface area is 56.1 Å². The van der Waals surface area contributed by atoms with Crippen LogP contribution in [0.25, 0.3) is 0 Å². The molecule has 0 amide bonds. The van der Waals surface area contributed by atoms with Gasteiger partial charge in [0.1, 0.15) is 0 Å². The largest absolute Gasteiger partial charge is 0.505 e. The van der Waals surface area contributed by atoms with Crippen molar-refractivity contribution in [3.8, 4) is 0 Å². The summed E-state index contributed by atoms with van der Waals surface area (Å²) >= 11 is 0. The second-order valence-corrected chi connectivity index (χ2v) is 3.36. The van der Waals surface area contributed by atoms with Gasteiger partial charge in [-0.15, -0.1) is 0 Å². The fourth-order valence-electron chi connectivity index (χ4n) is 0.449. The molecule has 0 saturated heterocycles. The summed E-state index contributed by atoms with van der Waals surface area (Å²) in [6.45, 7) is 2.57. The molecule has 4 heteroatoms. The first-order valence-corrected chi connectivity index (χ1v) is 4.40. The number of nitrogens with two attached hydrogens (primary N) is 1. The first-order valence-electron chi connectivity index (χ1n) is 3.00. The molecule has 3 nitrogen and oxygen atoms in total. The predicted molar refractivity (Wildman–Crippen MR) is 37.5 cm³/mol. The second kappa shape index (κ2) is 4.86. The summed E-state index contributed by atoms with van der Waals surface area (Å²) in [5.74, 6) is 0.371. The molecule has 54 valence electrons. The van der Waals surface area contributed by atoms with Crippen molar-refractivity contribution in [1.82, 2.24) is 0 Å². The summed E-state index contributed by atoms with van der Waals surface area (Å²) in [7, 11) is -1.94. The highest BCUT2D eigenvalue weighted by atomic mass is 31.1. The molecule has 0 aromatic heterocycles. The standard InChI is InChI=1S/C5H12NO2P/c1-5(4-6)2-3-9(7)8/h5H,2-4,6H2,1H3/p+1. The van der Waals surface area contributed by atoms with Crippen LogP contribution in [0.2, 0.25) is 0 Å². The Kier molecular flexibility index (Phi) is 4.87. The lowest BCUT2D eigenvalue weighted by atomic mass is 10.1. The SMILES string of the molecule is CC(CN)CC[P+](=O)O. The van der Waals surface area contributed by atoms with Crippen LogP contribution in [0.3, 0.4) is 0 Å². The maximum Gasteiger partial charge on any atom is 0.505 e. The Morgan fingerprint density at radius 3 is 2.67 bits per heavy atom. The van der Waals surface area contributed by atoms with Crippen LogP contribution in [0.15, 0.2) is 0 Å². The lowest BCUT2D eigenvalue weighted by molar-refractivity contribution is 0.490. The van der Waals surface area contributed by atoms with Crippen molar-refractivity contribution in [2.75, 3.05) is 12.7 Å². The molecule has 0 aliphatic rings. The first-order chi connectivity index (χ1) is 4.16. The van der Waals surface area contributed by atoms with Crippen molar-refractivity contribution in [3.63, 3.8) is 0 Å². The molecule has 0 saturated carbocycles. The molecule has 2 atom stereocenters. The van der Waals surface area contributed by atoms with Crippen LogP contribution in [0.1, 0.15) is 13.3 Å². The van der Waals surface area contributed by atoms with Gasteiger partial charge in [0.25, 0.3) is 0 Å². The van der Waals surface area contributed by atoms with Crippen molar-refractivity contribution < 1.29 is 9.46 Å². The molecule has 0 spiro atoms. The van der Waals surface area contributed by atoms with E-state index in [0.717, 1.165) is 6.42 Å². The van der Waals surface area contributed by atoms with Crippen LogP contribution in [0.4, 0.5) is 0 Å². The lowest BCUT2D eigenvalue weighted by Crippen LogP contribution is -2.10. The Morgan fingerprint density at radius 2 is 2.33 bits per heavy atom. The van der Waals surface area contributed by atoms with Gasteiger partial charge in [0.05, 0.1) is 0 Å². The van der Waals surface area contributed by atoms with Crippen LogP contribution in [-0.4, -0.2) is 17.6 Å². The van der Waals surface area contributed by atoms with Gasteiger partial charge in [-0.3, -0.25) is 0 Å². The van der Waals surface area contributed by atoms with E-state index in [2.05, 4.69) is 0 Å². The monoisotopic (exact) mass is 150 g/mol. The van der Waals surface area contributed by atoms with Crippen LogP contribution in [0, 0.1) is 5.92 Å². The van der Waals surface area contributed by atoms with E-state index < -0.39 is 8.03 Å². The molecule has 9 heavy (non-hydrogen) atoms. The molecule has 0 aromatic rings. The highest BCUT2D eigenvalue weighted by Crippen LogP contribution is 2.16. The molecule has 0 aromatic carbocycles. The molecule has 0 aliphatic carbocycles. The average molecular weight is 150 g/mol. The molecule has 0 aliphatic heterocycles. The lowest BCUT2D eigenvalue weighted by Gasteiger charge is -2.00. The topological polar surface area (TPSA) is 63.3 Å². The van der Waals surface area contributed by atoms with Gasteiger partial charge in [-0.25, -0.2) is 0 Å². The first kappa shape index (κ1) is 9.02. The summed E-state index contributed by atoms with van der Waals surface area (Å²) in [5.41, 5.74) is 5.28. The number of hydrogen-bond acceptors (Lipinski definition) is 2. The van der Waals surface area contributed by atoms with Crippen molar-refractivity contribution in [3.05, 3.63) is 0 Å². The minimum Gasteiger partial charge on any atom is -0.330 e. The van der Waals surface area contributed by atoms with E-state index in [0.29, 0.717) is 18.6 Å². The van der Waals surface area contributed by atoms with Gasteiger partial charge >= 0.3 is 8.03 Å². The summed E-state index contributed by atoms with van der Waals surface area (Å²) in [6.07, 6.45) is 1.13. The van der Waals surface area contributed by atoms with Crippen LogP contribution >= 0.6 is 8.03 Å². The molecule has 0 rings (SSSR count). The molecule has 2 unspecified atom stereocenters. The molecular weight excluding hydrogens is 137 g/mol. The highest BCUT2D eigenvalue weighted by Gasteiger charge is 2.11. The van der Waals surface area contributed by atoms with E-state index in [1.165, 1.54) is 0 Å². The number of rotatable bonds is 4. The number of hydrogen-bond donors (Lipinski definition) is 2. The van der Waals surface area contributed by atoms with Crippen molar-refractivity contribution in [2.45, 2.75) is 13.3 Å². The van der Waals surface area contributed by atoms with E-state index in [1.807, 2.05) is 6.92 Å². The zero-order valence-corrected chi connectivity index (χ0v) is 6.47. The Bertz CT molecular complexity index is 97.0. The summed E-state index contributed by atoms with van der Waals surface area (Å²) in [4.78, 5) is 8.37. The van der Waals surface area contributed by atoms with E-state index in [1.54, 1.807) is 0 Å². The Balaban J connectivity index is 3.16. The van der Waals surface area contributed by atoms with E-state index in [4.69, 9.17) is 10.6 Å². The van der Waals surface area contributed by atoms with Gasteiger partial charge < -0.3 is 5.73 Å². The third-order valence-electron chi connectivity index (χ3n) is 1.22. The summed E-state index contributed by atoms with van der Waals surface area (Å²) < 4.78 is 10.1. The molecule has 0 radical (unpaired) electrons. The van der Waals surface area contributed by atoms with E-state index >= 15 is 0 Å². The van der Waals surface area contributed by atoms with Gasteiger partial charge in [0.15, 0.2) is 6.16 Å². The minimum atomic E-state index is -1.94. The zero-order chi connectivity index (χ0) is 7.28. The van der Waals surface area contributed by atoms with E-state index in [9.17, 15) is 4.57 Å². The summed E-state index contributed by atoms with van der Waals surface area (Å²) in [6, 6.07) is 0. The molecule has 3 N–H and O–H groups in total. The average Bonchev–Trinajstić information content (AvgIpc) is 1.83. The molecule has 0 bridgehead atoms. The predicted octanol–water partition coefficient (Wildman–Crippen LogP) is 0.706. The normalized spacial score (nSPS) is 15.2. The fraction of sp³-hybridized carbons (Fsp3) is 1.00. The van der Waals surface area contributed by atoms with Gasteiger partial charge in [-0.2, -0.15) is 4.89 Å². The minimum absolute atomic E-state index is 0.371. The van der Waals surface area contributed by atoms with Crippen LogP contribution in [-0.2, 0) is 4.57 Å². The second-order valence-electron chi connectivity index (χ2n) is 2.21. The van der Waals surface area contributed by atoms with E-state index in [-0.39, 0.29) is 0 Å². The molecule has 0 fully saturated rings. The maximum atomic E-state index is 10.1. The third-order valence-corrected chi connectivity index (χ3v) is 1.86. The van der Waals surface area contributed by atoms with Gasteiger partial charge in [-0.05, 0) is 23.4 Å². The smallest absolute Gasteiger partial charge is 0.330 e. The van der Waals surface area contributed by atoms with Crippen LogP contribution in [0.5, 0.6) is 0 Å². The molecular formula is C5H13NO2P+. The molecule has 0 heterocycles. The van der Waals surface area contributed by atoms with Gasteiger partial charge in [0, 0.05) is 0 Å². The van der Waals surface area contributed by atoms with Gasteiger partial charge in [0.2, 0.25) is 0 Å². The van der Waals surface area contributed by atoms with Crippen LogP contribution < -0.4 is 5.73 Å². The highest BCUT2D eigenvalue weighted by molar-refractivity contribution is 7.37. The zero-order valence-electron chi connectivity index (χ0n) is 5.58. The fourth-order valence-corrected chi connectivity index (χ4v) is 1.11. The Hall–Kier alpha value is 0.0200. The Morgan fingerprint density at radius 1 is 1.78 bits per heavy atom. The van der Waals surface area contributed by atoms with Gasteiger partial charge in [-0.1, -0.05) is 6.92 Å². The maximum absolute atomic E-state index is 10.1. The quantitative estimate of drug-likeness (QED) is 0.580.